The first-order valence-electron chi connectivity index (χ1n) is 7.09. The smallest absolute Gasteiger partial charge is 0.146 e. The minimum atomic E-state index is -0.560. The van der Waals surface area contributed by atoms with Crippen molar-refractivity contribution in [2.45, 2.75) is 26.3 Å². The van der Waals surface area contributed by atoms with Gasteiger partial charge in [-0.05, 0) is 35.6 Å². The fourth-order valence-electron chi connectivity index (χ4n) is 2.24. The van der Waals surface area contributed by atoms with Crippen molar-refractivity contribution in [2.75, 3.05) is 5.32 Å². The molecule has 108 valence electrons. The van der Waals surface area contributed by atoms with E-state index in [1.165, 1.54) is 11.6 Å². The number of anilines is 1. The van der Waals surface area contributed by atoms with E-state index in [2.05, 4.69) is 25.2 Å². The molecule has 2 aromatic carbocycles. The second kappa shape index (κ2) is 6.90. The molecule has 0 fully saturated rings. The minimum Gasteiger partial charge on any atom is -0.364 e. The summed E-state index contributed by atoms with van der Waals surface area (Å²) in [5.74, 6) is 0.244. The summed E-state index contributed by atoms with van der Waals surface area (Å²) in [6.07, 6.45) is 1.01. The minimum absolute atomic E-state index is 0.343. The maximum atomic E-state index is 13.6. The molecule has 2 rings (SSSR count). The van der Waals surface area contributed by atoms with E-state index < -0.39 is 6.04 Å². The number of hydrogen-bond acceptors (Lipinski definition) is 2. The number of para-hydroxylation sites is 1. The summed E-state index contributed by atoms with van der Waals surface area (Å²) >= 11 is 0. The normalized spacial score (nSPS) is 12.0. The molecule has 0 radical (unpaired) electrons. The van der Waals surface area contributed by atoms with Gasteiger partial charge >= 0.3 is 0 Å². The number of halogens is 1. The van der Waals surface area contributed by atoms with Gasteiger partial charge in [0.05, 0.1) is 11.8 Å². The molecule has 2 nitrogen and oxygen atoms in total. The molecule has 0 aliphatic heterocycles. The lowest BCUT2D eigenvalue weighted by Gasteiger charge is -2.14. The first-order chi connectivity index (χ1) is 10.1. The SMILES string of the molecule is CC(C)Cc1ccc(C(C#N)Nc2ccccc2F)cc1. The number of nitrogens with zero attached hydrogens (tertiary/aromatic N) is 1. The summed E-state index contributed by atoms with van der Waals surface area (Å²) in [7, 11) is 0. The molecule has 0 aliphatic rings. The van der Waals surface area contributed by atoms with Gasteiger partial charge in [-0.15, -0.1) is 0 Å². The average Bonchev–Trinajstić information content (AvgIpc) is 2.47. The third-order valence-corrected chi connectivity index (χ3v) is 3.26. The molecule has 21 heavy (non-hydrogen) atoms. The number of rotatable bonds is 5. The molecule has 0 saturated carbocycles. The van der Waals surface area contributed by atoms with Gasteiger partial charge in [0, 0.05) is 0 Å². The number of hydrogen-bond donors (Lipinski definition) is 1. The fourth-order valence-corrected chi connectivity index (χ4v) is 2.24. The van der Waals surface area contributed by atoms with Gasteiger partial charge in [-0.25, -0.2) is 4.39 Å². The van der Waals surface area contributed by atoms with Crippen LogP contribution in [0.15, 0.2) is 48.5 Å². The van der Waals surface area contributed by atoms with Crippen LogP contribution < -0.4 is 5.32 Å². The number of benzene rings is 2. The van der Waals surface area contributed by atoms with E-state index in [0.29, 0.717) is 11.6 Å². The predicted octanol–water partition coefficient (Wildman–Crippen LogP) is 4.70. The van der Waals surface area contributed by atoms with E-state index in [-0.39, 0.29) is 5.82 Å². The van der Waals surface area contributed by atoms with Crippen LogP contribution in [0.2, 0.25) is 0 Å². The van der Waals surface area contributed by atoms with Crippen molar-refractivity contribution in [3.05, 3.63) is 65.5 Å². The Hall–Kier alpha value is -2.34. The van der Waals surface area contributed by atoms with Crippen LogP contribution >= 0.6 is 0 Å². The molecule has 0 aromatic heterocycles. The monoisotopic (exact) mass is 282 g/mol. The van der Waals surface area contributed by atoms with Crippen molar-refractivity contribution in [2.24, 2.45) is 5.92 Å². The Kier molecular flexibility index (Phi) is 4.94. The molecule has 1 unspecified atom stereocenters. The van der Waals surface area contributed by atoms with E-state index in [9.17, 15) is 9.65 Å². The lowest BCUT2D eigenvalue weighted by molar-refractivity contribution is 0.629. The number of nitrogens with one attached hydrogen (secondary N) is 1. The Morgan fingerprint density at radius 3 is 2.33 bits per heavy atom. The Balaban J connectivity index is 2.15. The third kappa shape index (κ3) is 4.06. The highest BCUT2D eigenvalue weighted by Gasteiger charge is 2.12. The summed E-state index contributed by atoms with van der Waals surface area (Å²) in [6.45, 7) is 4.34. The van der Waals surface area contributed by atoms with Crippen LogP contribution in [0.1, 0.15) is 31.0 Å². The van der Waals surface area contributed by atoms with Crippen LogP contribution in [0.5, 0.6) is 0 Å². The zero-order valence-electron chi connectivity index (χ0n) is 12.3. The van der Waals surface area contributed by atoms with Crippen molar-refractivity contribution in [1.29, 1.82) is 5.26 Å². The standard InChI is InChI=1S/C18H19FN2/c1-13(2)11-14-7-9-15(10-8-14)18(12-20)21-17-6-4-3-5-16(17)19/h3-10,13,18,21H,11H2,1-2H3. The second-order valence-electron chi connectivity index (χ2n) is 5.53. The van der Waals surface area contributed by atoms with E-state index in [1.807, 2.05) is 24.3 Å². The summed E-state index contributed by atoms with van der Waals surface area (Å²) in [6, 6.07) is 15.9. The van der Waals surface area contributed by atoms with Crippen LogP contribution in [-0.2, 0) is 6.42 Å². The zero-order chi connectivity index (χ0) is 15.2. The first-order valence-corrected chi connectivity index (χ1v) is 7.09. The molecule has 0 heterocycles. The molecule has 0 spiro atoms. The fraction of sp³-hybridized carbons (Fsp3) is 0.278. The van der Waals surface area contributed by atoms with Gasteiger partial charge in [-0.1, -0.05) is 50.2 Å². The molecule has 3 heteroatoms. The summed E-state index contributed by atoms with van der Waals surface area (Å²) in [4.78, 5) is 0. The van der Waals surface area contributed by atoms with Gasteiger partial charge in [-0.3, -0.25) is 0 Å². The van der Waals surface area contributed by atoms with Crippen LogP contribution in [-0.4, -0.2) is 0 Å². The van der Waals surface area contributed by atoms with Gasteiger partial charge in [0.25, 0.3) is 0 Å². The summed E-state index contributed by atoms with van der Waals surface area (Å²) in [5.41, 5.74) is 2.43. The lowest BCUT2D eigenvalue weighted by Crippen LogP contribution is -2.09. The lowest BCUT2D eigenvalue weighted by atomic mass is 9.99. The molecule has 0 bridgehead atoms. The molecule has 0 aliphatic carbocycles. The van der Waals surface area contributed by atoms with Crippen molar-refractivity contribution < 1.29 is 4.39 Å². The van der Waals surface area contributed by atoms with Crippen molar-refractivity contribution in [1.82, 2.24) is 0 Å². The molecule has 1 atom stereocenters. The van der Waals surface area contributed by atoms with E-state index in [0.717, 1.165) is 12.0 Å². The van der Waals surface area contributed by atoms with Crippen molar-refractivity contribution >= 4 is 5.69 Å². The topological polar surface area (TPSA) is 35.8 Å². The van der Waals surface area contributed by atoms with E-state index in [1.54, 1.807) is 18.2 Å². The predicted molar refractivity (Wildman–Crippen MR) is 83.4 cm³/mol. The largest absolute Gasteiger partial charge is 0.364 e. The van der Waals surface area contributed by atoms with E-state index in [4.69, 9.17) is 0 Å². The molecular weight excluding hydrogens is 263 g/mol. The molecule has 0 saturated heterocycles. The molecule has 0 amide bonds. The van der Waals surface area contributed by atoms with Crippen LogP contribution in [0.25, 0.3) is 0 Å². The maximum Gasteiger partial charge on any atom is 0.146 e. The molecule has 2 aromatic rings. The van der Waals surface area contributed by atoms with Gasteiger partial charge in [0.15, 0.2) is 0 Å². The molecular formula is C18H19FN2. The Bertz CT molecular complexity index is 626. The van der Waals surface area contributed by atoms with Crippen LogP contribution in [0.4, 0.5) is 10.1 Å². The second-order valence-corrected chi connectivity index (χ2v) is 5.53. The highest BCUT2D eigenvalue weighted by Crippen LogP contribution is 2.22. The average molecular weight is 282 g/mol. The Labute approximate surface area is 125 Å². The van der Waals surface area contributed by atoms with Crippen LogP contribution in [0, 0.1) is 23.1 Å². The van der Waals surface area contributed by atoms with Crippen LogP contribution in [0.3, 0.4) is 0 Å². The van der Waals surface area contributed by atoms with Gasteiger partial charge in [-0.2, -0.15) is 5.26 Å². The Morgan fingerprint density at radius 1 is 1.10 bits per heavy atom. The van der Waals surface area contributed by atoms with E-state index >= 15 is 0 Å². The third-order valence-electron chi connectivity index (χ3n) is 3.26. The molecule has 1 N–H and O–H groups in total. The quantitative estimate of drug-likeness (QED) is 0.862. The summed E-state index contributed by atoms with van der Waals surface area (Å²) < 4.78 is 13.6. The van der Waals surface area contributed by atoms with Gasteiger partial charge < -0.3 is 5.32 Å². The van der Waals surface area contributed by atoms with Crippen molar-refractivity contribution in [3.63, 3.8) is 0 Å². The zero-order valence-corrected chi connectivity index (χ0v) is 12.3. The van der Waals surface area contributed by atoms with Gasteiger partial charge in [0.2, 0.25) is 0 Å². The highest BCUT2D eigenvalue weighted by atomic mass is 19.1. The maximum absolute atomic E-state index is 13.6. The Morgan fingerprint density at radius 2 is 1.76 bits per heavy atom. The first kappa shape index (κ1) is 15.1. The van der Waals surface area contributed by atoms with Crippen molar-refractivity contribution in [3.8, 4) is 6.07 Å². The van der Waals surface area contributed by atoms with Gasteiger partial charge in [0.1, 0.15) is 11.9 Å². The summed E-state index contributed by atoms with van der Waals surface area (Å²) in [5, 5.41) is 12.2. The highest BCUT2D eigenvalue weighted by molar-refractivity contribution is 5.48. The number of nitriles is 1.